The lowest BCUT2D eigenvalue weighted by molar-refractivity contribution is -0.122. The van der Waals surface area contributed by atoms with Gasteiger partial charge in [-0.05, 0) is 44.0 Å². The first-order valence-electron chi connectivity index (χ1n) is 8.97. The van der Waals surface area contributed by atoms with Crippen molar-refractivity contribution < 1.29 is 14.4 Å². The zero-order chi connectivity index (χ0) is 18.5. The van der Waals surface area contributed by atoms with Gasteiger partial charge in [-0.25, -0.2) is 0 Å². The third-order valence-electron chi connectivity index (χ3n) is 4.60. The highest BCUT2D eigenvalue weighted by molar-refractivity contribution is 8.15. The number of carbonyl (C=O) groups excluding carboxylic acids is 3. The molecule has 3 rings (SSSR count). The summed E-state index contributed by atoms with van der Waals surface area (Å²) in [6.45, 7) is 1.50. The van der Waals surface area contributed by atoms with Crippen LogP contribution in [0.3, 0.4) is 0 Å². The normalized spacial score (nSPS) is 22.3. The van der Waals surface area contributed by atoms with Gasteiger partial charge < -0.3 is 10.6 Å². The standard InChI is InChI=1S/C19H23N3O3S/c1-12(23)13-7-9-15(10-8-13)20-17(24)11-16-18(25)22-19(26-16)21-14-5-3-2-4-6-14/h7-10,14,16H,2-6,11H2,1H3,(H,20,24)(H,21,22,25)/t16-/m1/s1. The lowest BCUT2D eigenvalue weighted by atomic mass is 9.96. The summed E-state index contributed by atoms with van der Waals surface area (Å²) in [4.78, 5) is 40.2. The zero-order valence-corrected chi connectivity index (χ0v) is 15.6. The SMILES string of the molecule is CC(=O)c1ccc(NC(=O)C[C@H]2SC(=NC3CCCCC3)NC2=O)cc1. The summed E-state index contributed by atoms with van der Waals surface area (Å²) in [5.74, 6) is -0.412. The maximum Gasteiger partial charge on any atom is 0.240 e. The van der Waals surface area contributed by atoms with E-state index in [4.69, 9.17) is 0 Å². The third-order valence-corrected chi connectivity index (χ3v) is 5.69. The van der Waals surface area contributed by atoms with Gasteiger partial charge in [0.1, 0.15) is 5.25 Å². The molecule has 0 bridgehead atoms. The first kappa shape index (κ1) is 18.6. The largest absolute Gasteiger partial charge is 0.326 e. The molecule has 1 atom stereocenters. The van der Waals surface area contributed by atoms with Crippen molar-refractivity contribution in [1.29, 1.82) is 0 Å². The van der Waals surface area contributed by atoms with Crippen molar-refractivity contribution in [3.8, 4) is 0 Å². The van der Waals surface area contributed by atoms with Crippen molar-refractivity contribution in [2.24, 2.45) is 4.99 Å². The average molecular weight is 373 g/mol. The van der Waals surface area contributed by atoms with Crippen LogP contribution in [0, 0.1) is 0 Å². The van der Waals surface area contributed by atoms with E-state index in [1.807, 2.05) is 0 Å². The number of hydrogen-bond donors (Lipinski definition) is 2. The quantitative estimate of drug-likeness (QED) is 0.776. The van der Waals surface area contributed by atoms with Crippen LogP contribution in [0.15, 0.2) is 29.3 Å². The van der Waals surface area contributed by atoms with Crippen LogP contribution in [0.1, 0.15) is 55.8 Å². The van der Waals surface area contributed by atoms with Gasteiger partial charge in [-0.15, -0.1) is 0 Å². The summed E-state index contributed by atoms with van der Waals surface area (Å²) in [5, 5.41) is 5.76. The number of amidine groups is 1. The van der Waals surface area contributed by atoms with E-state index in [1.165, 1.54) is 37.9 Å². The van der Waals surface area contributed by atoms with E-state index in [1.54, 1.807) is 24.3 Å². The second-order valence-corrected chi connectivity index (χ2v) is 7.90. The predicted molar refractivity (Wildman–Crippen MR) is 104 cm³/mol. The second kappa shape index (κ2) is 8.49. The number of carbonyl (C=O) groups is 3. The van der Waals surface area contributed by atoms with Gasteiger partial charge in [-0.3, -0.25) is 19.4 Å². The molecule has 1 aromatic rings. The van der Waals surface area contributed by atoms with Crippen LogP contribution < -0.4 is 10.6 Å². The Kier molecular flexibility index (Phi) is 6.08. The summed E-state index contributed by atoms with van der Waals surface area (Å²) >= 11 is 1.34. The number of rotatable bonds is 5. The molecule has 0 radical (unpaired) electrons. The molecule has 2 fully saturated rings. The van der Waals surface area contributed by atoms with Crippen LogP contribution in [-0.4, -0.2) is 34.1 Å². The minimum atomic E-state index is -0.450. The van der Waals surface area contributed by atoms with Crippen molar-refractivity contribution in [3.05, 3.63) is 29.8 Å². The molecule has 1 aromatic carbocycles. The van der Waals surface area contributed by atoms with E-state index >= 15 is 0 Å². The molecule has 1 saturated heterocycles. The van der Waals surface area contributed by atoms with Crippen LogP contribution in [-0.2, 0) is 9.59 Å². The Balaban J connectivity index is 1.53. The Labute approximate surface area is 157 Å². The highest BCUT2D eigenvalue weighted by Gasteiger charge is 2.32. The van der Waals surface area contributed by atoms with Crippen LogP contribution >= 0.6 is 11.8 Å². The van der Waals surface area contributed by atoms with Crippen molar-refractivity contribution in [2.45, 2.75) is 56.7 Å². The van der Waals surface area contributed by atoms with E-state index in [0.717, 1.165) is 12.8 Å². The number of amides is 2. The molecule has 0 spiro atoms. The lowest BCUT2D eigenvalue weighted by Crippen LogP contribution is -2.28. The molecule has 26 heavy (non-hydrogen) atoms. The van der Waals surface area contributed by atoms with E-state index in [9.17, 15) is 14.4 Å². The Morgan fingerprint density at radius 3 is 2.54 bits per heavy atom. The summed E-state index contributed by atoms with van der Waals surface area (Å²) in [5.41, 5.74) is 1.21. The molecule has 1 saturated carbocycles. The van der Waals surface area contributed by atoms with E-state index in [-0.39, 0.29) is 24.0 Å². The number of benzene rings is 1. The topological polar surface area (TPSA) is 87.6 Å². The second-order valence-electron chi connectivity index (χ2n) is 6.71. The van der Waals surface area contributed by atoms with Gasteiger partial charge in [0, 0.05) is 17.7 Å². The number of anilines is 1. The van der Waals surface area contributed by atoms with E-state index in [0.29, 0.717) is 22.5 Å². The number of hydrogen-bond acceptors (Lipinski definition) is 5. The molecule has 2 amide bonds. The van der Waals surface area contributed by atoms with Gasteiger partial charge in [-0.2, -0.15) is 0 Å². The van der Waals surface area contributed by atoms with E-state index < -0.39 is 5.25 Å². The first-order chi connectivity index (χ1) is 12.5. The summed E-state index contributed by atoms with van der Waals surface area (Å²) in [6.07, 6.45) is 5.87. The van der Waals surface area contributed by atoms with Crippen LogP contribution in [0.2, 0.25) is 0 Å². The Bertz CT molecular complexity index is 724. The predicted octanol–water partition coefficient (Wildman–Crippen LogP) is 3.14. The first-order valence-corrected chi connectivity index (χ1v) is 9.85. The molecule has 7 heteroatoms. The Morgan fingerprint density at radius 1 is 1.19 bits per heavy atom. The van der Waals surface area contributed by atoms with Crippen molar-refractivity contribution in [2.75, 3.05) is 5.32 Å². The van der Waals surface area contributed by atoms with Crippen molar-refractivity contribution >= 4 is 40.2 Å². The smallest absolute Gasteiger partial charge is 0.240 e. The number of ketones is 1. The molecular weight excluding hydrogens is 350 g/mol. The molecule has 1 aliphatic heterocycles. The van der Waals surface area contributed by atoms with Gasteiger partial charge in [0.2, 0.25) is 11.8 Å². The molecule has 138 valence electrons. The fourth-order valence-corrected chi connectivity index (χ4v) is 4.18. The highest BCUT2D eigenvalue weighted by atomic mass is 32.2. The van der Waals surface area contributed by atoms with Gasteiger partial charge in [0.05, 0.1) is 6.04 Å². The third kappa shape index (κ3) is 4.94. The molecule has 1 aliphatic carbocycles. The lowest BCUT2D eigenvalue weighted by Gasteiger charge is -2.17. The summed E-state index contributed by atoms with van der Waals surface area (Å²) in [7, 11) is 0. The van der Waals surface area contributed by atoms with E-state index in [2.05, 4.69) is 15.6 Å². The van der Waals surface area contributed by atoms with Crippen molar-refractivity contribution in [3.63, 3.8) is 0 Å². The molecule has 0 unspecified atom stereocenters. The Morgan fingerprint density at radius 2 is 1.88 bits per heavy atom. The maximum atomic E-state index is 12.2. The minimum Gasteiger partial charge on any atom is -0.326 e. The van der Waals surface area contributed by atoms with Gasteiger partial charge in [0.25, 0.3) is 0 Å². The molecule has 1 heterocycles. The number of nitrogens with one attached hydrogen (secondary N) is 2. The van der Waals surface area contributed by atoms with Crippen LogP contribution in [0.4, 0.5) is 5.69 Å². The molecule has 0 aromatic heterocycles. The monoisotopic (exact) mass is 373 g/mol. The fourth-order valence-electron chi connectivity index (χ4n) is 3.15. The zero-order valence-electron chi connectivity index (χ0n) is 14.8. The minimum absolute atomic E-state index is 0.0216. The molecule has 6 nitrogen and oxygen atoms in total. The van der Waals surface area contributed by atoms with Gasteiger partial charge in [0.15, 0.2) is 11.0 Å². The average Bonchev–Trinajstić information content (AvgIpc) is 2.95. The number of aliphatic imine (C=N–C) groups is 1. The summed E-state index contributed by atoms with van der Waals surface area (Å²) < 4.78 is 0. The highest BCUT2D eigenvalue weighted by Crippen LogP contribution is 2.26. The number of thioether (sulfide) groups is 1. The van der Waals surface area contributed by atoms with Gasteiger partial charge in [-0.1, -0.05) is 31.0 Å². The fraction of sp³-hybridized carbons (Fsp3) is 0.474. The number of Topliss-reactive ketones (excluding diaryl/α,β-unsaturated/α-hetero) is 1. The maximum absolute atomic E-state index is 12.2. The molecular formula is C19H23N3O3S. The van der Waals surface area contributed by atoms with Gasteiger partial charge >= 0.3 is 0 Å². The summed E-state index contributed by atoms with van der Waals surface area (Å²) in [6, 6.07) is 7.01. The number of nitrogens with zero attached hydrogens (tertiary/aromatic N) is 1. The van der Waals surface area contributed by atoms with Crippen molar-refractivity contribution in [1.82, 2.24) is 5.32 Å². The van der Waals surface area contributed by atoms with Crippen LogP contribution in [0.25, 0.3) is 0 Å². The molecule has 2 N–H and O–H groups in total. The Hall–Kier alpha value is -2.15. The molecule has 2 aliphatic rings. The van der Waals surface area contributed by atoms with Crippen LogP contribution in [0.5, 0.6) is 0 Å².